The summed E-state index contributed by atoms with van der Waals surface area (Å²) in [6, 6.07) is 0. The van der Waals surface area contributed by atoms with Crippen LogP contribution < -0.4 is 0 Å². The van der Waals surface area contributed by atoms with Gasteiger partial charge in [-0.05, 0) is 36.6 Å². The first-order valence-corrected chi connectivity index (χ1v) is 6.06. The maximum absolute atomic E-state index is 11.3. The molecule has 6 nitrogen and oxygen atoms in total. The number of carboxylic acid groups (broad SMARTS) is 1. The SMILES string of the molecule is CCC(C)(Cn1nnnc1C1CCC1)C(=O)O. The van der Waals surface area contributed by atoms with Crippen LogP contribution in [0.25, 0.3) is 0 Å². The standard InChI is InChI=1S/C11H18N4O2/c1-3-11(2,10(16)17)7-15-9(12-13-14-15)8-5-4-6-8/h8H,3-7H2,1-2H3,(H,16,17). The molecule has 1 N–H and O–H groups in total. The minimum Gasteiger partial charge on any atom is -0.481 e. The summed E-state index contributed by atoms with van der Waals surface area (Å²) >= 11 is 0. The van der Waals surface area contributed by atoms with Crippen molar-refractivity contribution in [3.8, 4) is 0 Å². The van der Waals surface area contributed by atoms with Crippen LogP contribution in [0.4, 0.5) is 0 Å². The van der Waals surface area contributed by atoms with E-state index in [4.69, 9.17) is 0 Å². The number of aliphatic carboxylic acids is 1. The number of tetrazole rings is 1. The molecule has 94 valence electrons. The first-order chi connectivity index (χ1) is 8.07. The second-order valence-electron chi connectivity index (χ2n) is 5.04. The molecule has 0 aliphatic heterocycles. The molecule has 0 radical (unpaired) electrons. The third-order valence-corrected chi connectivity index (χ3v) is 3.83. The van der Waals surface area contributed by atoms with E-state index in [9.17, 15) is 9.90 Å². The average molecular weight is 238 g/mol. The number of rotatable bonds is 5. The number of aromatic nitrogens is 4. The molecule has 17 heavy (non-hydrogen) atoms. The Labute approximate surface area is 100 Å². The third-order valence-electron chi connectivity index (χ3n) is 3.83. The van der Waals surface area contributed by atoms with E-state index in [1.807, 2.05) is 6.92 Å². The van der Waals surface area contributed by atoms with Gasteiger partial charge >= 0.3 is 5.97 Å². The summed E-state index contributed by atoms with van der Waals surface area (Å²) in [6.07, 6.45) is 3.99. The van der Waals surface area contributed by atoms with Gasteiger partial charge in [0.1, 0.15) is 0 Å². The van der Waals surface area contributed by atoms with Gasteiger partial charge in [0.15, 0.2) is 5.82 Å². The second kappa shape index (κ2) is 4.43. The Morgan fingerprint density at radius 1 is 1.59 bits per heavy atom. The van der Waals surface area contributed by atoms with E-state index in [0.717, 1.165) is 18.7 Å². The van der Waals surface area contributed by atoms with Crippen molar-refractivity contribution in [2.24, 2.45) is 5.41 Å². The highest BCUT2D eigenvalue weighted by Gasteiger charge is 2.34. The fourth-order valence-corrected chi connectivity index (χ4v) is 1.94. The van der Waals surface area contributed by atoms with E-state index in [0.29, 0.717) is 18.9 Å². The van der Waals surface area contributed by atoms with Gasteiger partial charge in [0.05, 0.1) is 12.0 Å². The third kappa shape index (κ3) is 2.16. The lowest BCUT2D eigenvalue weighted by atomic mass is 9.84. The van der Waals surface area contributed by atoms with E-state index in [-0.39, 0.29) is 0 Å². The van der Waals surface area contributed by atoms with Crippen LogP contribution in [-0.2, 0) is 11.3 Å². The monoisotopic (exact) mass is 238 g/mol. The van der Waals surface area contributed by atoms with E-state index in [1.165, 1.54) is 6.42 Å². The lowest BCUT2D eigenvalue weighted by Crippen LogP contribution is -2.33. The van der Waals surface area contributed by atoms with Crippen LogP contribution in [0.15, 0.2) is 0 Å². The van der Waals surface area contributed by atoms with Crippen molar-refractivity contribution >= 4 is 5.97 Å². The molecule has 1 fully saturated rings. The molecule has 6 heteroatoms. The molecule has 0 amide bonds. The molecule has 1 aliphatic rings. The summed E-state index contributed by atoms with van der Waals surface area (Å²) < 4.78 is 1.67. The zero-order chi connectivity index (χ0) is 12.5. The van der Waals surface area contributed by atoms with Crippen molar-refractivity contribution < 1.29 is 9.90 Å². The van der Waals surface area contributed by atoms with E-state index in [1.54, 1.807) is 11.6 Å². The topological polar surface area (TPSA) is 80.9 Å². The lowest BCUT2D eigenvalue weighted by Gasteiger charge is -2.27. The molecule has 0 spiro atoms. The summed E-state index contributed by atoms with van der Waals surface area (Å²) in [6.45, 7) is 3.96. The van der Waals surface area contributed by atoms with E-state index in [2.05, 4.69) is 15.5 Å². The Hall–Kier alpha value is -1.46. The van der Waals surface area contributed by atoms with Gasteiger partial charge in [-0.2, -0.15) is 0 Å². The number of nitrogens with zero attached hydrogens (tertiary/aromatic N) is 4. The fourth-order valence-electron chi connectivity index (χ4n) is 1.94. The molecular formula is C11H18N4O2. The van der Waals surface area contributed by atoms with Crippen LogP contribution in [0.1, 0.15) is 51.3 Å². The van der Waals surface area contributed by atoms with Gasteiger partial charge in [-0.1, -0.05) is 13.3 Å². The molecule has 1 aromatic heterocycles. The minimum atomic E-state index is -0.798. The van der Waals surface area contributed by atoms with Gasteiger partial charge in [0.2, 0.25) is 0 Å². The van der Waals surface area contributed by atoms with Crippen LogP contribution in [0.5, 0.6) is 0 Å². The number of carbonyl (C=O) groups is 1. The Morgan fingerprint density at radius 2 is 2.29 bits per heavy atom. The Morgan fingerprint density at radius 3 is 2.76 bits per heavy atom. The van der Waals surface area contributed by atoms with Crippen LogP contribution in [0.3, 0.4) is 0 Å². The molecule has 1 unspecified atom stereocenters. The zero-order valence-electron chi connectivity index (χ0n) is 10.3. The normalized spacial score (nSPS) is 19.6. The number of carboxylic acids is 1. The van der Waals surface area contributed by atoms with Gasteiger partial charge < -0.3 is 5.11 Å². The van der Waals surface area contributed by atoms with Gasteiger partial charge in [-0.3, -0.25) is 4.79 Å². The first-order valence-electron chi connectivity index (χ1n) is 6.06. The summed E-state index contributed by atoms with van der Waals surface area (Å²) in [7, 11) is 0. The van der Waals surface area contributed by atoms with Gasteiger partial charge in [0, 0.05) is 5.92 Å². The van der Waals surface area contributed by atoms with Gasteiger partial charge in [-0.15, -0.1) is 5.10 Å². The highest BCUT2D eigenvalue weighted by Crippen LogP contribution is 2.35. The number of hydrogen-bond acceptors (Lipinski definition) is 4. The molecule has 2 rings (SSSR count). The fraction of sp³-hybridized carbons (Fsp3) is 0.818. The largest absolute Gasteiger partial charge is 0.481 e. The Balaban J connectivity index is 2.17. The predicted molar refractivity (Wildman–Crippen MR) is 60.4 cm³/mol. The smallest absolute Gasteiger partial charge is 0.311 e. The molecule has 1 heterocycles. The molecule has 1 aromatic rings. The Bertz CT molecular complexity index is 413. The Kier molecular flexibility index (Phi) is 3.13. The summed E-state index contributed by atoms with van der Waals surface area (Å²) in [5.41, 5.74) is -0.798. The molecule has 0 saturated heterocycles. The lowest BCUT2D eigenvalue weighted by molar-refractivity contribution is -0.149. The number of hydrogen-bond donors (Lipinski definition) is 1. The second-order valence-corrected chi connectivity index (χ2v) is 5.04. The van der Waals surface area contributed by atoms with Crippen molar-refractivity contribution in [1.29, 1.82) is 0 Å². The van der Waals surface area contributed by atoms with Crippen molar-refractivity contribution in [3.05, 3.63) is 5.82 Å². The molecule has 0 aromatic carbocycles. The van der Waals surface area contributed by atoms with Crippen molar-refractivity contribution in [2.75, 3.05) is 0 Å². The van der Waals surface area contributed by atoms with Gasteiger partial charge in [-0.25, -0.2) is 4.68 Å². The maximum Gasteiger partial charge on any atom is 0.311 e. The summed E-state index contributed by atoms with van der Waals surface area (Å²) in [4.78, 5) is 11.3. The molecule has 0 bridgehead atoms. The molecule has 1 atom stereocenters. The zero-order valence-corrected chi connectivity index (χ0v) is 10.3. The van der Waals surface area contributed by atoms with Crippen LogP contribution in [0, 0.1) is 5.41 Å². The summed E-state index contributed by atoms with van der Waals surface area (Å²) in [5, 5.41) is 20.9. The van der Waals surface area contributed by atoms with E-state index < -0.39 is 11.4 Å². The summed E-state index contributed by atoms with van der Waals surface area (Å²) in [5.74, 6) is 0.465. The predicted octanol–water partition coefficient (Wildman–Crippen LogP) is 1.44. The molecule has 1 aliphatic carbocycles. The minimum absolute atomic E-state index is 0.345. The molecular weight excluding hydrogens is 220 g/mol. The van der Waals surface area contributed by atoms with Crippen molar-refractivity contribution in [3.63, 3.8) is 0 Å². The average Bonchev–Trinajstić information content (AvgIpc) is 2.63. The molecule has 1 saturated carbocycles. The van der Waals surface area contributed by atoms with Crippen molar-refractivity contribution in [2.45, 2.75) is 52.0 Å². The van der Waals surface area contributed by atoms with Crippen LogP contribution in [-0.4, -0.2) is 31.3 Å². The van der Waals surface area contributed by atoms with Crippen molar-refractivity contribution in [1.82, 2.24) is 20.2 Å². The first kappa shape index (κ1) is 12.0. The maximum atomic E-state index is 11.3. The quantitative estimate of drug-likeness (QED) is 0.839. The van der Waals surface area contributed by atoms with Crippen LogP contribution >= 0.6 is 0 Å². The van der Waals surface area contributed by atoms with Gasteiger partial charge in [0.25, 0.3) is 0 Å². The van der Waals surface area contributed by atoms with E-state index >= 15 is 0 Å². The van der Waals surface area contributed by atoms with Crippen LogP contribution in [0.2, 0.25) is 0 Å². The highest BCUT2D eigenvalue weighted by molar-refractivity contribution is 5.73. The highest BCUT2D eigenvalue weighted by atomic mass is 16.4.